The van der Waals surface area contributed by atoms with Crippen LogP contribution in [0.2, 0.25) is 0 Å². The van der Waals surface area contributed by atoms with Crippen LogP contribution in [0.3, 0.4) is 0 Å². The lowest BCUT2D eigenvalue weighted by Gasteiger charge is -2.17. The van der Waals surface area contributed by atoms with Gasteiger partial charge in [0.1, 0.15) is 11.7 Å². The molecule has 1 atom stereocenters. The number of amides is 1. The molecule has 0 bridgehead atoms. The molecule has 1 aliphatic rings. The van der Waals surface area contributed by atoms with Gasteiger partial charge >= 0.3 is 5.97 Å². The summed E-state index contributed by atoms with van der Waals surface area (Å²) < 4.78 is 0.898. The Morgan fingerprint density at radius 3 is 2.87 bits per heavy atom. The fourth-order valence-corrected chi connectivity index (χ4v) is 1.27. The van der Waals surface area contributed by atoms with Crippen molar-refractivity contribution >= 4 is 23.6 Å². The maximum atomic E-state index is 11.5. The molecule has 7 heteroatoms. The summed E-state index contributed by atoms with van der Waals surface area (Å²) in [4.78, 5) is 33.3. The minimum atomic E-state index is -1.24. The van der Waals surface area contributed by atoms with Crippen molar-refractivity contribution in [1.82, 2.24) is 9.78 Å². The number of hydrogen-bond acceptors (Lipinski definition) is 4. The highest BCUT2D eigenvalue weighted by molar-refractivity contribution is 6.11. The fraction of sp³-hybridized carbons (Fsp3) is 0.250. The molecule has 0 aliphatic carbocycles. The minimum absolute atomic E-state index is 0.0977. The molecule has 2 heterocycles. The molecule has 0 saturated heterocycles. The molecule has 0 saturated carbocycles. The van der Waals surface area contributed by atoms with E-state index in [1.165, 1.54) is 6.92 Å². The molecule has 0 radical (unpaired) electrons. The number of nitrogens with one attached hydrogen (secondary N) is 1. The molecule has 1 aromatic heterocycles. The largest absolute Gasteiger partial charge is 0.476 e. The van der Waals surface area contributed by atoms with Crippen molar-refractivity contribution in [1.29, 1.82) is 0 Å². The van der Waals surface area contributed by atoms with Crippen LogP contribution in [0.5, 0.6) is 0 Å². The highest BCUT2D eigenvalue weighted by Gasteiger charge is 2.32. The number of rotatable bonds is 1. The zero-order chi connectivity index (χ0) is 11.2. The molecule has 0 fully saturated rings. The van der Waals surface area contributed by atoms with Crippen LogP contribution in [0.25, 0.3) is 0 Å². The van der Waals surface area contributed by atoms with Gasteiger partial charge in [-0.2, -0.15) is 9.78 Å². The summed E-state index contributed by atoms with van der Waals surface area (Å²) in [5.74, 6) is -2.98. The quantitative estimate of drug-likeness (QED) is 0.624. The number of carboxylic acids is 1. The molecule has 1 unspecified atom stereocenters. The third kappa shape index (κ3) is 1.28. The molecule has 78 valence electrons. The standard InChI is InChI=1S/C8H7N3O4/c1-3-6(12)9-5-2-4(8(14)15)10-11(5)7(3)13/h2-3H,1H3,(H,9,12)(H,14,15). The van der Waals surface area contributed by atoms with Gasteiger partial charge in [-0.05, 0) is 6.92 Å². The van der Waals surface area contributed by atoms with Gasteiger partial charge in [-0.1, -0.05) is 0 Å². The van der Waals surface area contributed by atoms with Gasteiger partial charge in [-0.15, -0.1) is 0 Å². The second-order valence-corrected chi connectivity index (χ2v) is 3.18. The van der Waals surface area contributed by atoms with E-state index in [1.54, 1.807) is 0 Å². The molecule has 0 aromatic carbocycles. The Kier molecular flexibility index (Phi) is 1.82. The topological polar surface area (TPSA) is 101 Å². The van der Waals surface area contributed by atoms with Crippen LogP contribution < -0.4 is 5.32 Å². The van der Waals surface area contributed by atoms with Crippen molar-refractivity contribution < 1.29 is 19.5 Å². The highest BCUT2D eigenvalue weighted by Crippen LogP contribution is 2.19. The third-order valence-corrected chi connectivity index (χ3v) is 2.15. The number of carboxylic acid groups (broad SMARTS) is 1. The number of nitrogens with zero attached hydrogens (tertiary/aromatic N) is 2. The van der Waals surface area contributed by atoms with E-state index in [2.05, 4.69) is 10.4 Å². The number of carbonyl (C=O) groups excluding carboxylic acids is 2. The van der Waals surface area contributed by atoms with E-state index in [1.807, 2.05) is 0 Å². The van der Waals surface area contributed by atoms with E-state index in [-0.39, 0.29) is 11.5 Å². The van der Waals surface area contributed by atoms with Crippen molar-refractivity contribution in [2.45, 2.75) is 6.92 Å². The Hall–Kier alpha value is -2.18. The van der Waals surface area contributed by atoms with Gasteiger partial charge in [0.05, 0.1) is 0 Å². The van der Waals surface area contributed by atoms with Gasteiger partial charge in [0, 0.05) is 6.07 Å². The lowest BCUT2D eigenvalue weighted by Crippen LogP contribution is -2.37. The summed E-state index contributed by atoms with van der Waals surface area (Å²) >= 11 is 0. The van der Waals surface area contributed by atoms with Crippen LogP contribution in [0, 0.1) is 5.92 Å². The smallest absolute Gasteiger partial charge is 0.356 e. The molecule has 0 spiro atoms. The van der Waals surface area contributed by atoms with E-state index in [0.717, 1.165) is 10.7 Å². The average Bonchev–Trinajstić information content (AvgIpc) is 2.58. The molecule has 1 aliphatic heterocycles. The molecule has 2 rings (SSSR count). The summed E-state index contributed by atoms with van der Waals surface area (Å²) in [5.41, 5.74) is -0.271. The third-order valence-electron chi connectivity index (χ3n) is 2.15. The van der Waals surface area contributed by atoms with Crippen molar-refractivity contribution in [3.8, 4) is 0 Å². The highest BCUT2D eigenvalue weighted by atomic mass is 16.4. The van der Waals surface area contributed by atoms with E-state index < -0.39 is 23.7 Å². The van der Waals surface area contributed by atoms with Crippen molar-refractivity contribution in [3.05, 3.63) is 11.8 Å². The van der Waals surface area contributed by atoms with E-state index in [4.69, 9.17) is 5.11 Å². The van der Waals surface area contributed by atoms with Crippen LogP contribution in [-0.2, 0) is 4.79 Å². The predicted molar refractivity (Wildman–Crippen MR) is 47.6 cm³/mol. The molecule has 1 aromatic rings. The first-order chi connectivity index (χ1) is 7.00. The Balaban J connectivity index is 2.52. The average molecular weight is 209 g/mol. The van der Waals surface area contributed by atoms with Crippen LogP contribution >= 0.6 is 0 Å². The van der Waals surface area contributed by atoms with Crippen LogP contribution in [0.4, 0.5) is 5.82 Å². The first-order valence-electron chi connectivity index (χ1n) is 4.19. The lowest BCUT2D eigenvalue weighted by atomic mass is 10.1. The summed E-state index contributed by atoms with van der Waals surface area (Å²) in [7, 11) is 0. The van der Waals surface area contributed by atoms with E-state index >= 15 is 0 Å². The van der Waals surface area contributed by atoms with Crippen LogP contribution in [0.1, 0.15) is 22.2 Å². The number of carbonyl (C=O) groups is 3. The maximum absolute atomic E-state index is 11.5. The molecular formula is C8H7N3O4. The van der Waals surface area contributed by atoms with Crippen LogP contribution in [0.15, 0.2) is 6.07 Å². The normalized spacial score (nSPS) is 19.7. The molecule has 1 amide bonds. The van der Waals surface area contributed by atoms with E-state index in [0.29, 0.717) is 0 Å². The second-order valence-electron chi connectivity index (χ2n) is 3.18. The zero-order valence-corrected chi connectivity index (χ0v) is 7.72. The summed E-state index contributed by atoms with van der Waals surface area (Å²) in [6, 6.07) is 1.14. The van der Waals surface area contributed by atoms with Gasteiger partial charge in [0.15, 0.2) is 5.69 Å². The molecule has 15 heavy (non-hydrogen) atoms. The number of hydrogen-bond donors (Lipinski definition) is 2. The second kappa shape index (κ2) is 2.91. The van der Waals surface area contributed by atoms with Crippen LogP contribution in [-0.4, -0.2) is 32.7 Å². The Morgan fingerprint density at radius 2 is 2.27 bits per heavy atom. The molecule has 2 N–H and O–H groups in total. The van der Waals surface area contributed by atoms with Crippen molar-refractivity contribution in [2.24, 2.45) is 5.92 Å². The minimum Gasteiger partial charge on any atom is -0.476 e. The van der Waals surface area contributed by atoms with Gasteiger partial charge in [0.25, 0.3) is 5.91 Å². The monoisotopic (exact) mass is 209 g/mol. The summed E-state index contributed by atoms with van der Waals surface area (Å²) in [5, 5.41) is 14.6. The van der Waals surface area contributed by atoms with Gasteiger partial charge in [0.2, 0.25) is 5.91 Å². The maximum Gasteiger partial charge on any atom is 0.356 e. The lowest BCUT2D eigenvalue weighted by molar-refractivity contribution is -0.118. The van der Waals surface area contributed by atoms with Gasteiger partial charge in [-0.3, -0.25) is 9.59 Å². The van der Waals surface area contributed by atoms with Gasteiger partial charge < -0.3 is 10.4 Å². The zero-order valence-electron chi connectivity index (χ0n) is 7.72. The Labute approximate surface area is 83.7 Å². The van der Waals surface area contributed by atoms with E-state index in [9.17, 15) is 14.4 Å². The molecule has 7 nitrogen and oxygen atoms in total. The Bertz CT molecular complexity index is 476. The predicted octanol–water partition coefficient (Wildman–Crippen LogP) is -0.190. The number of aromatic nitrogens is 2. The van der Waals surface area contributed by atoms with Crippen molar-refractivity contribution in [3.63, 3.8) is 0 Å². The Morgan fingerprint density at radius 1 is 1.60 bits per heavy atom. The molecular weight excluding hydrogens is 202 g/mol. The summed E-state index contributed by atoms with van der Waals surface area (Å²) in [6.45, 7) is 1.43. The fourth-order valence-electron chi connectivity index (χ4n) is 1.27. The SMILES string of the molecule is CC1C(=O)Nc2cc(C(=O)O)nn2C1=O. The number of aromatic carboxylic acids is 1. The first-order valence-corrected chi connectivity index (χ1v) is 4.19. The number of anilines is 1. The van der Waals surface area contributed by atoms with Crippen molar-refractivity contribution in [2.75, 3.05) is 5.32 Å². The number of fused-ring (bicyclic) bond motifs is 1. The van der Waals surface area contributed by atoms with Gasteiger partial charge in [-0.25, -0.2) is 4.79 Å². The first kappa shape index (κ1) is 9.38. The summed E-state index contributed by atoms with van der Waals surface area (Å²) in [6.07, 6.45) is 0.